The first-order valence-electron chi connectivity index (χ1n) is 8.91. The van der Waals surface area contributed by atoms with E-state index in [1.807, 2.05) is 49.4 Å². The van der Waals surface area contributed by atoms with Gasteiger partial charge in [0.1, 0.15) is 11.3 Å². The highest BCUT2D eigenvalue weighted by Gasteiger charge is 2.15. The molecule has 0 unspecified atom stereocenters. The molecule has 0 spiro atoms. The van der Waals surface area contributed by atoms with Crippen molar-refractivity contribution in [2.24, 2.45) is 4.99 Å². The van der Waals surface area contributed by atoms with Gasteiger partial charge in [-0.05, 0) is 37.6 Å². The molecule has 0 atom stereocenters. The van der Waals surface area contributed by atoms with Gasteiger partial charge < -0.3 is 9.30 Å². The largest absolute Gasteiger partial charge is 0.492 e. The van der Waals surface area contributed by atoms with E-state index in [2.05, 4.69) is 21.5 Å². The van der Waals surface area contributed by atoms with Crippen molar-refractivity contribution in [3.63, 3.8) is 0 Å². The Morgan fingerprint density at radius 3 is 2.70 bits per heavy atom. The fourth-order valence-corrected chi connectivity index (χ4v) is 4.91. The van der Waals surface area contributed by atoms with Crippen LogP contribution in [0.2, 0.25) is 0 Å². The number of fused-ring (bicyclic) bond motifs is 2. The van der Waals surface area contributed by atoms with Crippen LogP contribution in [0.3, 0.4) is 0 Å². The van der Waals surface area contributed by atoms with Crippen LogP contribution in [0.5, 0.6) is 5.75 Å². The normalized spacial score (nSPS) is 12.1. The number of hydrogen-bond donors (Lipinski definition) is 0. The first-order valence-corrected chi connectivity index (χ1v) is 10.5. The molecule has 27 heavy (non-hydrogen) atoms. The van der Waals surface area contributed by atoms with Gasteiger partial charge in [0.2, 0.25) is 0 Å². The fraction of sp³-hybridized carbons (Fsp3) is 0.250. The van der Waals surface area contributed by atoms with Crippen LogP contribution in [-0.4, -0.2) is 22.1 Å². The number of rotatable bonds is 5. The minimum atomic E-state index is -0.300. The molecule has 2 aromatic heterocycles. The van der Waals surface area contributed by atoms with E-state index in [9.17, 15) is 4.79 Å². The number of ether oxygens (including phenoxy) is 1. The first kappa shape index (κ1) is 17.9. The van der Waals surface area contributed by atoms with Crippen molar-refractivity contribution in [2.75, 3.05) is 6.61 Å². The molecule has 2 heterocycles. The molecule has 4 aromatic rings. The van der Waals surface area contributed by atoms with Gasteiger partial charge in [0.15, 0.2) is 9.81 Å². The maximum Gasteiger partial charge on any atom is 0.308 e. The van der Waals surface area contributed by atoms with Gasteiger partial charge in [-0.1, -0.05) is 36.5 Å². The van der Waals surface area contributed by atoms with Crippen molar-refractivity contribution in [1.82, 2.24) is 9.55 Å². The third kappa shape index (κ3) is 3.40. The molecule has 0 aliphatic heterocycles. The van der Waals surface area contributed by atoms with Gasteiger partial charge in [-0.25, -0.2) is 4.98 Å². The third-order valence-electron chi connectivity index (χ3n) is 4.09. The summed E-state index contributed by atoms with van der Waals surface area (Å²) in [5.74, 6) is 0.527. The number of aryl methyl sites for hydroxylation is 1. The van der Waals surface area contributed by atoms with Crippen LogP contribution >= 0.6 is 22.7 Å². The number of para-hydroxylation sites is 2. The topological polar surface area (TPSA) is 56.5 Å². The Hall–Kier alpha value is -2.51. The van der Waals surface area contributed by atoms with Crippen LogP contribution in [-0.2, 0) is 6.54 Å². The molecule has 1 amide bonds. The molecule has 0 fully saturated rings. The van der Waals surface area contributed by atoms with Crippen LogP contribution in [0.15, 0.2) is 47.5 Å². The highest BCUT2D eigenvalue weighted by Crippen LogP contribution is 2.28. The lowest BCUT2D eigenvalue weighted by atomic mass is 10.3. The summed E-state index contributed by atoms with van der Waals surface area (Å²) in [5.41, 5.74) is 1.83. The molecule has 0 aliphatic rings. The minimum absolute atomic E-state index is 0.300. The van der Waals surface area contributed by atoms with Crippen molar-refractivity contribution in [3.05, 3.63) is 52.3 Å². The molecule has 0 saturated heterocycles. The average Bonchev–Trinajstić information content (AvgIpc) is 3.25. The predicted octanol–water partition coefficient (Wildman–Crippen LogP) is 4.86. The zero-order valence-electron chi connectivity index (χ0n) is 15.1. The van der Waals surface area contributed by atoms with E-state index in [1.165, 1.54) is 22.7 Å². The lowest BCUT2D eigenvalue weighted by Gasteiger charge is -2.08. The number of nitrogens with zero attached hydrogens (tertiary/aromatic N) is 3. The summed E-state index contributed by atoms with van der Waals surface area (Å²) in [7, 11) is 0. The van der Waals surface area contributed by atoms with Gasteiger partial charge in [0, 0.05) is 6.54 Å². The second-order valence-corrected chi connectivity index (χ2v) is 8.02. The zero-order valence-corrected chi connectivity index (χ0v) is 16.8. The van der Waals surface area contributed by atoms with E-state index < -0.39 is 0 Å². The number of benzene rings is 2. The summed E-state index contributed by atoms with van der Waals surface area (Å²) in [6, 6.07) is 13.7. The number of carbonyl (C=O) groups excluding carboxylic acids is 1. The van der Waals surface area contributed by atoms with E-state index >= 15 is 0 Å². The van der Waals surface area contributed by atoms with E-state index in [0.29, 0.717) is 16.4 Å². The van der Waals surface area contributed by atoms with Gasteiger partial charge >= 0.3 is 5.91 Å². The van der Waals surface area contributed by atoms with Crippen molar-refractivity contribution < 1.29 is 9.53 Å². The summed E-state index contributed by atoms with van der Waals surface area (Å²) in [5, 5.41) is 0.418. The predicted molar refractivity (Wildman–Crippen MR) is 111 cm³/mol. The van der Waals surface area contributed by atoms with Gasteiger partial charge in [0.05, 0.1) is 21.5 Å². The molecule has 7 heteroatoms. The second kappa shape index (κ2) is 7.62. The summed E-state index contributed by atoms with van der Waals surface area (Å²) in [6.45, 7) is 5.45. The van der Waals surface area contributed by atoms with E-state index in [-0.39, 0.29) is 5.91 Å². The number of hydrogen-bond acceptors (Lipinski definition) is 5. The van der Waals surface area contributed by atoms with Crippen molar-refractivity contribution in [3.8, 4) is 5.75 Å². The van der Waals surface area contributed by atoms with Crippen molar-refractivity contribution in [2.45, 2.75) is 26.8 Å². The molecule has 0 bridgehead atoms. The van der Waals surface area contributed by atoms with Gasteiger partial charge in [-0.2, -0.15) is 4.99 Å². The Bertz CT molecular complexity index is 1150. The molecule has 0 N–H and O–H groups in total. The molecule has 0 saturated carbocycles. The fourth-order valence-electron chi connectivity index (χ4n) is 2.98. The van der Waals surface area contributed by atoms with E-state index in [0.717, 1.165) is 39.1 Å². The standard InChI is InChI=1S/C20H19N3O2S2/c1-3-12-23-17-14(25-4-2)9-7-11-16(17)27-20(23)22-18(24)19-21-13-8-5-6-10-15(13)26-19/h5-11H,3-4,12H2,1-2H3. The van der Waals surface area contributed by atoms with Crippen LogP contribution in [0.25, 0.3) is 20.4 Å². The van der Waals surface area contributed by atoms with Crippen molar-refractivity contribution >= 4 is 49.0 Å². The molecule has 0 radical (unpaired) electrons. The van der Waals surface area contributed by atoms with Crippen LogP contribution in [0.1, 0.15) is 30.1 Å². The maximum absolute atomic E-state index is 12.8. The lowest BCUT2D eigenvalue weighted by Crippen LogP contribution is -2.17. The molecule has 5 nitrogen and oxygen atoms in total. The molecule has 2 aromatic carbocycles. The Balaban J connectivity index is 1.85. The average molecular weight is 398 g/mol. The van der Waals surface area contributed by atoms with Gasteiger partial charge in [-0.3, -0.25) is 4.79 Å². The summed E-state index contributed by atoms with van der Waals surface area (Å²) in [6.07, 6.45) is 0.939. The zero-order chi connectivity index (χ0) is 18.8. The Morgan fingerprint density at radius 1 is 1.11 bits per heavy atom. The second-order valence-electron chi connectivity index (χ2n) is 5.98. The molecule has 4 rings (SSSR count). The van der Waals surface area contributed by atoms with Gasteiger partial charge in [-0.15, -0.1) is 11.3 Å². The van der Waals surface area contributed by atoms with E-state index in [4.69, 9.17) is 4.74 Å². The highest BCUT2D eigenvalue weighted by molar-refractivity contribution is 7.20. The quantitative estimate of drug-likeness (QED) is 0.483. The SMILES string of the molecule is CCCn1c(=NC(=O)c2nc3ccccc3s2)sc2cccc(OCC)c21. The van der Waals surface area contributed by atoms with Crippen LogP contribution in [0.4, 0.5) is 0 Å². The Kier molecular flexibility index (Phi) is 5.05. The number of thiazole rings is 2. The van der Waals surface area contributed by atoms with Crippen molar-refractivity contribution in [1.29, 1.82) is 0 Å². The third-order valence-corrected chi connectivity index (χ3v) is 6.15. The summed E-state index contributed by atoms with van der Waals surface area (Å²) in [4.78, 5) is 22.3. The molecular formula is C20H19N3O2S2. The van der Waals surface area contributed by atoms with Crippen LogP contribution in [0, 0.1) is 0 Å². The highest BCUT2D eigenvalue weighted by atomic mass is 32.1. The molecular weight excluding hydrogens is 378 g/mol. The minimum Gasteiger partial charge on any atom is -0.492 e. The number of carbonyl (C=O) groups is 1. The summed E-state index contributed by atoms with van der Waals surface area (Å²) >= 11 is 2.88. The van der Waals surface area contributed by atoms with Gasteiger partial charge in [0.25, 0.3) is 0 Å². The Labute approximate surface area is 164 Å². The Morgan fingerprint density at radius 2 is 1.93 bits per heavy atom. The molecule has 138 valence electrons. The maximum atomic E-state index is 12.8. The monoisotopic (exact) mass is 397 g/mol. The van der Waals surface area contributed by atoms with Crippen LogP contribution < -0.4 is 9.54 Å². The number of aromatic nitrogens is 2. The molecule has 0 aliphatic carbocycles. The lowest BCUT2D eigenvalue weighted by molar-refractivity contribution is 0.0997. The first-order chi connectivity index (χ1) is 13.2. The smallest absolute Gasteiger partial charge is 0.308 e. The number of amides is 1. The summed E-state index contributed by atoms with van der Waals surface area (Å²) < 4.78 is 9.93. The van der Waals surface area contributed by atoms with E-state index in [1.54, 1.807) is 0 Å².